The molecule has 1 aliphatic carbocycles. The number of rotatable bonds is 3. The lowest BCUT2D eigenvalue weighted by Gasteiger charge is -2.34. The van der Waals surface area contributed by atoms with Gasteiger partial charge in [0.1, 0.15) is 11.7 Å². The van der Waals surface area contributed by atoms with E-state index in [1.54, 1.807) is 6.08 Å². The molecule has 0 spiro atoms. The Morgan fingerprint density at radius 1 is 1.33 bits per heavy atom. The fourth-order valence-corrected chi connectivity index (χ4v) is 2.98. The molecule has 1 heterocycles. The van der Waals surface area contributed by atoms with Gasteiger partial charge in [0.25, 0.3) is 0 Å². The molecule has 0 aromatic carbocycles. The Hall–Kier alpha value is -1.52. The van der Waals surface area contributed by atoms with Crippen molar-refractivity contribution in [3.63, 3.8) is 0 Å². The third kappa shape index (κ3) is 4.76. The highest BCUT2D eigenvalue weighted by Crippen LogP contribution is 2.30. The number of carbonyl (C=O) groups excluding carboxylic acids is 2. The van der Waals surface area contributed by atoms with E-state index in [1.807, 2.05) is 20.8 Å². The van der Waals surface area contributed by atoms with Crippen molar-refractivity contribution in [3.05, 3.63) is 12.2 Å². The largest absolute Gasteiger partial charge is 0.453 e. The van der Waals surface area contributed by atoms with Gasteiger partial charge in [-0.05, 0) is 45.6 Å². The summed E-state index contributed by atoms with van der Waals surface area (Å²) in [6.45, 7) is 5.49. The van der Waals surface area contributed by atoms with Gasteiger partial charge < -0.3 is 14.8 Å². The van der Waals surface area contributed by atoms with Gasteiger partial charge in [0.15, 0.2) is 0 Å². The van der Waals surface area contributed by atoms with Crippen LogP contribution in [0.2, 0.25) is 0 Å². The first kappa shape index (κ1) is 15.9. The van der Waals surface area contributed by atoms with Crippen LogP contribution in [-0.4, -0.2) is 29.8 Å². The third-order valence-electron chi connectivity index (χ3n) is 3.87. The first-order valence-corrected chi connectivity index (χ1v) is 7.73. The molecule has 0 saturated heterocycles. The molecule has 1 fully saturated rings. The molecule has 5 nitrogen and oxygen atoms in total. The van der Waals surface area contributed by atoms with E-state index in [-0.39, 0.29) is 18.1 Å². The van der Waals surface area contributed by atoms with E-state index < -0.39 is 11.7 Å². The quantitative estimate of drug-likeness (QED) is 0.813. The minimum absolute atomic E-state index is 0.206. The molecule has 1 aliphatic heterocycles. The van der Waals surface area contributed by atoms with Crippen molar-refractivity contribution in [1.82, 2.24) is 5.32 Å². The summed E-state index contributed by atoms with van der Waals surface area (Å²) in [5, 5.41) is 2.92. The summed E-state index contributed by atoms with van der Waals surface area (Å²) in [6.07, 6.45) is 7.96. The van der Waals surface area contributed by atoms with Gasteiger partial charge in [-0.1, -0.05) is 19.3 Å². The van der Waals surface area contributed by atoms with E-state index in [9.17, 15) is 9.59 Å². The monoisotopic (exact) mass is 295 g/mol. The second-order valence-corrected chi connectivity index (χ2v) is 6.83. The van der Waals surface area contributed by atoms with Crippen molar-refractivity contribution in [2.75, 3.05) is 0 Å². The zero-order chi connectivity index (χ0) is 15.5. The van der Waals surface area contributed by atoms with Gasteiger partial charge in [0.05, 0.1) is 6.04 Å². The van der Waals surface area contributed by atoms with Crippen LogP contribution in [0, 0.1) is 5.92 Å². The van der Waals surface area contributed by atoms with Crippen molar-refractivity contribution in [3.8, 4) is 0 Å². The van der Waals surface area contributed by atoms with Crippen molar-refractivity contribution in [2.45, 2.75) is 70.6 Å². The van der Waals surface area contributed by atoms with Crippen LogP contribution < -0.4 is 5.32 Å². The van der Waals surface area contributed by atoms with Crippen LogP contribution in [0.5, 0.6) is 0 Å². The average Bonchev–Trinajstić information content (AvgIpc) is 2.81. The molecule has 21 heavy (non-hydrogen) atoms. The van der Waals surface area contributed by atoms with Gasteiger partial charge in [-0.3, -0.25) is 0 Å². The van der Waals surface area contributed by atoms with E-state index >= 15 is 0 Å². The Kier molecular flexibility index (Phi) is 4.91. The summed E-state index contributed by atoms with van der Waals surface area (Å²) in [4.78, 5) is 23.4. The van der Waals surface area contributed by atoms with E-state index in [4.69, 9.17) is 9.47 Å². The Morgan fingerprint density at radius 3 is 2.52 bits per heavy atom. The molecule has 0 bridgehead atoms. The van der Waals surface area contributed by atoms with Crippen LogP contribution in [0.3, 0.4) is 0 Å². The lowest BCUT2D eigenvalue weighted by atomic mass is 9.82. The Morgan fingerprint density at radius 2 is 2.00 bits per heavy atom. The summed E-state index contributed by atoms with van der Waals surface area (Å²) in [5.74, 6) is -0.0152. The predicted molar refractivity (Wildman–Crippen MR) is 78.8 cm³/mol. The minimum atomic E-state index is -0.538. The zero-order valence-corrected chi connectivity index (χ0v) is 13.1. The van der Waals surface area contributed by atoms with Crippen LogP contribution in [0.4, 0.5) is 4.79 Å². The van der Waals surface area contributed by atoms with Gasteiger partial charge in [0.2, 0.25) is 0 Å². The van der Waals surface area contributed by atoms with Crippen LogP contribution >= 0.6 is 0 Å². The molecule has 2 aliphatic rings. The topological polar surface area (TPSA) is 64.6 Å². The van der Waals surface area contributed by atoms with Gasteiger partial charge in [-0.2, -0.15) is 0 Å². The van der Waals surface area contributed by atoms with E-state index in [1.165, 1.54) is 12.5 Å². The minimum Gasteiger partial charge on any atom is -0.453 e. The predicted octanol–water partition coefficient (Wildman–Crippen LogP) is 2.94. The number of alkyl carbamates (subject to hydrolysis) is 1. The first-order chi connectivity index (χ1) is 9.85. The van der Waals surface area contributed by atoms with Gasteiger partial charge >= 0.3 is 12.1 Å². The highest BCUT2D eigenvalue weighted by atomic mass is 16.6. The van der Waals surface area contributed by atoms with Crippen LogP contribution in [0.1, 0.15) is 52.9 Å². The van der Waals surface area contributed by atoms with Gasteiger partial charge in [0, 0.05) is 6.08 Å². The van der Waals surface area contributed by atoms with Gasteiger partial charge in [-0.25, -0.2) is 9.59 Å². The zero-order valence-electron chi connectivity index (χ0n) is 13.1. The van der Waals surface area contributed by atoms with Crippen LogP contribution in [-0.2, 0) is 14.3 Å². The van der Waals surface area contributed by atoms with Crippen molar-refractivity contribution in [2.24, 2.45) is 5.92 Å². The number of hydrogen-bond donors (Lipinski definition) is 1. The molecule has 0 aromatic heterocycles. The molecule has 0 radical (unpaired) electrons. The number of hydrogen-bond acceptors (Lipinski definition) is 4. The fourth-order valence-electron chi connectivity index (χ4n) is 2.98. The smallest absolute Gasteiger partial charge is 0.408 e. The SMILES string of the molecule is CC(C)(C)OC(=O)N[C@H](C1CCCCC1)[C@@H]1C=CC(=O)O1. The normalized spacial score (nSPS) is 24.5. The molecule has 2 rings (SSSR count). The molecule has 1 saturated carbocycles. The van der Waals surface area contributed by atoms with Crippen molar-refractivity contribution in [1.29, 1.82) is 0 Å². The van der Waals surface area contributed by atoms with Crippen molar-refractivity contribution < 1.29 is 19.1 Å². The highest BCUT2D eigenvalue weighted by molar-refractivity contribution is 5.84. The number of amides is 1. The number of ether oxygens (including phenoxy) is 2. The van der Waals surface area contributed by atoms with Crippen LogP contribution in [0.25, 0.3) is 0 Å². The molecule has 0 unspecified atom stereocenters. The lowest BCUT2D eigenvalue weighted by Crippen LogP contribution is -2.49. The maximum atomic E-state index is 12.1. The summed E-state index contributed by atoms with van der Waals surface area (Å²) in [7, 11) is 0. The maximum Gasteiger partial charge on any atom is 0.408 e. The highest BCUT2D eigenvalue weighted by Gasteiger charge is 2.35. The van der Waals surface area contributed by atoms with Crippen molar-refractivity contribution >= 4 is 12.1 Å². The third-order valence-corrected chi connectivity index (χ3v) is 3.87. The molecule has 0 aromatic rings. The number of cyclic esters (lactones) is 1. The molecule has 1 amide bonds. The standard InChI is InChI=1S/C16H25NO4/c1-16(2,3)21-15(19)17-14(11-7-5-4-6-8-11)12-9-10-13(18)20-12/h9-12,14H,4-8H2,1-3H3,(H,17,19)/t12-,14+/m0/s1. The molecule has 5 heteroatoms. The first-order valence-electron chi connectivity index (χ1n) is 7.73. The van der Waals surface area contributed by atoms with E-state index in [2.05, 4.69) is 5.32 Å². The Balaban J connectivity index is 2.02. The fraction of sp³-hybridized carbons (Fsp3) is 0.750. The van der Waals surface area contributed by atoms with Gasteiger partial charge in [-0.15, -0.1) is 0 Å². The molecular weight excluding hydrogens is 270 g/mol. The summed E-state index contributed by atoms with van der Waals surface area (Å²) in [6, 6.07) is -0.206. The number of carbonyl (C=O) groups is 2. The second-order valence-electron chi connectivity index (χ2n) is 6.83. The summed E-state index contributed by atoms with van der Waals surface area (Å²) >= 11 is 0. The maximum absolute atomic E-state index is 12.1. The number of nitrogens with one attached hydrogen (secondary N) is 1. The summed E-state index contributed by atoms with van der Waals surface area (Å²) in [5.41, 5.74) is -0.538. The second kappa shape index (κ2) is 6.50. The Bertz CT molecular complexity index is 418. The molecule has 2 atom stereocenters. The van der Waals surface area contributed by atoms with Crippen LogP contribution in [0.15, 0.2) is 12.2 Å². The average molecular weight is 295 g/mol. The Labute approximate surface area is 126 Å². The lowest BCUT2D eigenvalue weighted by molar-refractivity contribution is -0.140. The molecule has 118 valence electrons. The molecule has 1 N–H and O–H groups in total. The van der Waals surface area contributed by atoms with E-state index in [0.717, 1.165) is 25.7 Å². The summed E-state index contributed by atoms with van der Waals surface area (Å²) < 4.78 is 10.6. The van der Waals surface area contributed by atoms with E-state index in [0.29, 0.717) is 5.92 Å². The molecular formula is C16H25NO4. The number of esters is 1.